The Kier molecular flexibility index (Phi) is 7.48. The van der Waals surface area contributed by atoms with Crippen LogP contribution in [-0.2, 0) is 16.0 Å². The van der Waals surface area contributed by atoms with Gasteiger partial charge in [0.25, 0.3) is 0 Å². The molecule has 1 aromatic carbocycles. The molecule has 2 fully saturated rings. The predicted octanol–water partition coefficient (Wildman–Crippen LogP) is 4.72. The van der Waals surface area contributed by atoms with E-state index in [1.165, 1.54) is 10.4 Å². The van der Waals surface area contributed by atoms with Crippen LogP contribution in [0.15, 0.2) is 29.9 Å². The molecular weight excluding hydrogens is 536 g/mol. The fourth-order valence-corrected chi connectivity index (χ4v) is 7.25. The van der Waals surface area contributed by atoms with Gasteiger partial charge < -0.3 is 15.3 Å². The van der Waals surface area contributed by atoms with Crippen LogP contribution in [0, 0.1) is 12.3 Å². The number of aliphatic hydroxyl groups is 1. The van der Waals surface area contributed by atoms with Gasteiger partial charge in [-0.1, -0.05) is 44.5 Å². The van der Waals surface area contributed by atoms with Crippen molar-refractivity contribution >= 4 is 23.2 Å². The summed E-state index contributed by atoms with van der Waals surface area (Å²) in [5.41, 5.74) is 6.92. The lowest BCUT2D eigenvalue weighted by Gasteiger charge is -2.35. The van der Waals surface area contributed by atoms with Crippen molar-refractivity contribution in [2.45, 2.75) is 103 Å². The Bertz CT molecular complexity index is 1440. The van der Waals surface area contributed by atoms with Gasteiger partial charge >= 0.3 is 0 Å². The highest BCUT2D eigenvalue weighted by molar-refractivity contribution is 7.13. The SMILES string of the molecule is Cc1ncsc1-c1ccc2c(c1)CCCCC2NC(=O)[C@@H]1C[C@@H](O)CN1C(=O)C(n1cc(C2CC2)nn1)C(C)(C)C. The number of hydrogen-bond donors (Lipinski definition) is 2. The number of amides is 2. The highest BCUT2D eigenvalue weighted by Gasteiger charge is 2.46. The number of fused-ring (bicyclic) bond motifs is 1. The molecular formula is C31H40N6O3S. The lowest BCUT2D eigenvalue weighted by atomic mass is 9.85. The maximum absolute atomic E-state index is 14.1. The molecule has 2 unspecified atom stereocenters. The summed E-state index contributed by atoms with van der Waals surface area (Å²) in [6.07, 6.45) is 7.44. The van der Waals surface area contributed by atoms with Crippen LogP contribution < -0.4 is 5.32 Å². The van der Waals surface area contributed by atoms with E-state index in [4.69, 9.17) is 0 Å². The molecule has 2 amide bonds. The monoisotopic (exact) mass is 576 g/mol. The zero-order valence-corrected chi connectivity index (χ0v) is 25.2. The summed E-state index contributed by atoms with van der Waals surface area (Å²) in [5, 5.41) is 22.6. The highest BCUT2D eigenvalue weighted by Crippen LogP contribution is 2.41. The van der Waals surface area contributed by atoms with E-state index in [1.807, 2.05) is 39.4 Å². The van der Waals surface area contributed by atoms with E-state index in [-0.39, 0.29) is 30.8 Å². The third-order valence-corrected chi connectivity index (χ3v) is 9.72. The lowest BCUT2D eigenvalue weighted by Crippen LogP contribution is -2.50. The van der Waals surface area contributed by atoms with Crippen LogP contribution in [0.1, 0.15) is 99.8 Å². The highest BCUT2D eigenvalue weighted by atomic mass is 32.1. The standard InChI is InChI=1S/C31H40N6O3S/c1-18-27(41-17-32-18)21-11-12-23-20(13-21)7-5-6-8-24(23)33-29(39)26-14-22(38)15-36(26)30(40)28(31(2,3)4)37-16-25(34-35-37)19-9-10-19/h11-13,16-17,19,22,24,26,28,38H,5-10,14-15H2,1-4H3,(H,33,39)/t22-,24?,26+,28?/m1/s1. The van der Waals surface area contributed by atoms with Crippen LogP contribution in [0.3, 0.4) is 0 Å². The van der Waals surface area contributed by atoms with Gasteiger partial charge in [0.2, 0.25) is 11.8 Å². The van der Waals surface area contributed by atoms with Gasteiger partial charge in [-0.15, -0.1) is 16.4 Å². The molecule has 3 heterocycles. The zero-order valence-electron chi connectivity index (χ0n) is 24.3. The minimum atomic E-state index is -0.750. The molecule has 3 aliphatic rings. The second-order valence-corrected chi connectivity index (χ2v) is 13.9. The molecule has 2 aliphatic carbocycles. The van der Waals surface area contributed by atoms with Gasteiger partial charge in [0.1, 0.15) is 12.1 Å². The van der Waals surface area contributed by atoms with Crippen molar-refractivity contribution in [3.05, 3.63) is 52.4 Å². The molecule has 0 bridgehead atoms. The maximum Gasteiger partial charge on any atom is 0.248 e. The molecule has 1 saturated heterocycles. The molecule has 3 aromatic rings. The molecule has 41 heavy (non-hydrogen) atoms. The number of nitrogens with zero attached hydrogens (tertiary/aromatic N) is 5. The van der Waals surface area contributed by atoms with Crippen molar-refractivity contribution in [1.82, 2.24) is 30.2 Å². The number of hydrogen-bond acceptors (Lipinski definition) is 7. The van der Waals surface area contributed by atoms with Crippen molar-refractivity contribution in [2.24, 2.45) is 5.41 Å². The van der Waals surface area contributed by atoms with Gasteiger partial charge in [-0.05, 0) is 67.2 Å². The smallest absolute Gasteiger partial charge is 0.248 e. The Morgan fingerprint density at radius 2 is 1.98 bits per heavy atom. The first kappa shape index (κ1) is 28.0. The summed E-state index contributed by atoms with van der Waals surface area (Å²) in [6.45, 7) is 8.16. The third kappa shape index (κ3) is 5.68. The minimum absolute atomic E-state index is 0.131. The first-order chi connectivity index (χ1) is 19.6. The van der Waals surface area contributed by atoms with Gasteiger partial charge in [-0.3, -0.25) is 9.59 Å². The number of aromatic nitrogens is 4. The number of β-amino-alcohol motifs (C(OH)–C–C–N with tert-alkyl or cyclic N) is 1. The van der Waals surface area contributed by atoms with E-state index >= 15 is 0 Å². The van der Waals surface area contributed by atoms with Crippen molar-refractivity contribution in [2.75, 3.05) is 6.54 Å². The fraction of sp³-hybridized carbons (Fsp3) is 0.581. The Morgan fingerprint density at radius 3 is 2.68 bits per heavy atom. The van der Waals surface area contributed by atoms with Gasteiger partial charge in [0.15, 0.2) is 0 Å². The number of carbonyl (C=O) groups is 2. The molecule has 1 aliphatic heterocycles. The minimum Gasteiger partial charge on any atom is -0.391 e. The summed E-state index contributed by atoms with van der Waals surface area (Å²) >= 11 is 1.65. The number of nitrogens with one attached hydrogen (secondary N) is 1. The summed E-state index contributed by atoms with van der Waals surface area (Å²) in [4.78, 5) is 35.1. The van der Waals surface area contributed by atoms with Crippen molar-refractivity contribution in [1.29, 1.82) is 0 Å². The van der Waals surface area contributed by atoms with Crippen LogP contribution >= 0.6 is 11.3 Å². The Morgan fingerprint density at radius 1 is 1.17 bits per heavy atom. The quantitative estimate of drug-likeness (QED) is 0.411. The van der Waals surface area contributed by atoms with Crippen LogP contribution in [0.25, 0.3) is 10.4 Å². The lowest BCUT2D eigenvalue weighted by molar-refractivity contribution is -0.144. The normalized spacial score (nSPS) is 23.6. The molecule has 0 spiro atoms. The summed E-state index contributed by atoms with van der Waals surface area (Å²) in [5.74, 6) is 0.0171. The number of likely N-dealkylation sites (tertiary alicyclic amines) is 1. The van der Waals surface area contributed by atoms with Crippen molar-refractivity contribution < 1.29 is 14.7 Å². The van der Waals surface area contributed by atoms with E-state index in [9.17, 15) is 14.7 Å². The number of thiazole rings is 1. The molecule has 4 atom stereocenters. The average molecular weight is 577 g/mol. The molecule has 9 nitrogen and oxygen atoms in total. The van der Waals surface area contributed by atoms with Crippen LogP contribution in [0.5, 0.6) is 0 Å². The molecule has 2 aromatic heterocycles. The molecule has 2 N–H and O–H groups in total. The van der Waals surface area contributed by atoms with E-state index < -0.39 is 23.6 Å². The summed E-state index contributed by atoms with van der Waals surface area (Å²) in [6, 6.07) is 5.01. The third-order valence-electron chi connectivity index (χ3n) is 8.74. The van der Waals surface area contributed by atoms with Crippen LogP contribution in [0.2, 0.25) is 0 Å². The Hall–Kier alpha value is -3.11. The van der Waals surface area contributed by atoms with Crippen molar-refractivity contribution in [3.63, 3.8) is 0 Å². The van der Waals surface area contributed by atoms with E-state index in [2.05, 4.69) is 38.8 Å². The Labute approximate surface area is 245 Å². The van der Waals surface area contributed by atoms with Crippen LogP contribution in [-0.4, -0.2) is 60.5 Å². The first-order valence-electron chi connectivity index (χ1n) is 14.8. The van der Waals surface area contributed by atoms with E-state index in [0.29, 0.717) is 5.92 Å². The number of aryl methyl sites for hydroxylation is 2. The van der Waals surface area contributed by atoms with Gasteiger partial charge in [0.05, 0.1) is 33.9 Å². The molecule has 218 valence electrons. The van der Waals surface area contributed by atoms with Gasteiger partial charge in [-0.2, -0.15) is 0 Å². The molecule has 6 rings (SSSR count). The second-order valence-electron chi connectivity index (χ2n) is 13.0. The number of rotatable bonds is 6. The summed E-state index contributed by atoms with van der Waals surface area (Å²) in [7, 11) is 0. The summed E-state index contributed by atoms with van der Waals surface area (Å²) < 4.78 is 1.67. The number of aliphatic hydroxyl groups excluding tert-OH is 1. The van der Waals surface area contributed by atoms with Crippen LogP contribution in [0.4, 0.5) is 0 Å². The molecule has 0 radical (unpaired) electrons. The molecule has 1 saturated carbocycles. The number of benzene rings is 1. The van der Waals surface area contributed by atoms with Gasteiger partial charge in [-0.25, -0.2) is 9.67 Å². The topological polar surface area (TPSA) is 113 Å². The number of carbonyl (C=O) groups excluding carboxylic acids is 2. The van der Waals surface area contributed by atoms with E-state index in [1.54, 1.807) is 20.9 Å². The fourth-order valence-electron chi connectivity index (χ4n) is 6.45. The van der Waals surface area contributed by atoms with Crippen molar-refractivity contribution in [3.8, 4) is 10.4 Å². The largest absolute Gasteiger partial charge is 0.391 e. The predicted molar refractivity (Wildman–Crippen MR) is 157 cm³/mol. The van der Waals surface area contributed by atoms with E-state index in [0.717, 1.165) is 61.0 Å². The Balaban J connectivity index is 1.23. The second kappa shape index (κ2) is 10.9. The first-order valence-corrected chi connectivity index (χ1v) is 15.7. The zero-order chi connectivity index (χ0) is 28.9. The van der Waals surface area contributed by atoms with Gasteiger partial charge in [0, 0.05) is 25.1 Å². The molecule has 10 heteroatoms. The maximum atomic E-state index is 14.1. The average Bonchev–Trinajstić information content (AvgIpc) is 3.37.